The van der Waals surface area contributed by atoms with Crippen molar-refractivity contribution in [3.8, 4) is 0 Å². The summed E-state index contributed by atoms with van der Waals surface area (Å²) in [5, 5.41) is 17.9. The minimum Gasteiger partial charge on any atom is -0.480 e. The van der Waals surface area contributed by atoms with Crippen LogP contribution in [0.3, 0.4) is 0 Å². The minimum atomic E-state index is -1.16. The number of piperidine rings is 1. The highest BCUT2D eigenvalue weighted by Crippen LogP contribution is 2.15. The van der Waals surface area contributed by atoms with Gasteiger partial charge in [0.2, 0.25) is 0 Å². The summed E-state index contributed by atoms with van der Waals surface area (Å²) in [6, 6.07) is -0.251. The molecule has 0 radical (unpaired) electrons. The number of carboxylic acid groups (broad SMARTS) is 1. The number of nitrogens with one attached hydrogen (secondary N) is 3. The molecule has 1 rings (SSSR count). The number of amides is 2. The predicted molar refractivity (Wildman–Crippen MR) is 68.5 cm³/mol. The van der Waals surface area contributed by atoms with Crippen LogP contribution in [-0.4, -0.2) is 41.8 Å². The number of aliphatic carboxylic acids is 1. The molecule has 0 aromatic carbocycles. The molecule has 0 unspecified atom stereocenters. The Hall–Kier alpha value is -1.30. The molecule has 4 N–H and O–H groups in total. The summed E-state index contributed by atoms with van der Waals surface area (Å²) in [6.45, 7) is 5.30. The zero-order chi connectivity index (χ0) is 13.6. The van der Waals surface area contributed by atoms with Crippen LogP contribution in [0, 0.1) is 0 Å². The summed E-state index contributed by atoms with van der Waals surface area (Å²) >= 11 is 0. The summed E-state index contributed by atoms with van der Waals surface area (Å²) in [4.78, 5) is 23.1. The second-order valence-corrected chi connectivity index (χ2v) is 4.72. The van der Waals surface area contributed by atoms with Gasteiger partial charge in [0.05, 0.1) is 0 Å². The van der Waals surface area contributed by atoms with Gasteiger partial charge in [0.1, 0.15) is 5.54 Å². The molecule has 6 nitrogen and oxygen atoms in total. The van der Waals surface area contributed by atoms with Gasteiger partial charge in [-0.3, -0.25) is 0 Å². The maximum absolute atomic E-state index is 11.8. The Morgan fingerprint density at radius 3 is 2.28 bits per heavy atom. The van der Waals surface area contributed by atoms with Gasteiger partial charge in [0.15, 0.2) is 0 Å². The lowest BCUT2D eigenvalue weighted by atomic mass is 9.93. The first-order valence-electron chi connectivity index (χ1n) is 6.57. The number of rotatable bonds is 5. The Morgan fingerprint density at radius 2 is 1.83 bits per heavy atom. The third-order valence-electron chi connectivity index (χ3n) is 3.64. The summed E-state index contributed by atoms with van der Waals surface area (Å²) < 4.78 is 0. The standard InChI is InChI=1S/C12H23N3O3/c1-3-12(4-2,10(16)17)15-11(18)14-9-5-7-13-8-6-9/h9,13H,3-8H2,1-2H3,(H,16,17)(H2,14,15,18). The molecule has 0 aromatic heterocycles. The topological polar surface area (TPSA) is 90.5 Å². The van der Waals surface area contributed by atoms with Crippen molar-refractivity contribution < 1.29 is 14.7 Å². The maximum atomic E-state index is 11.8. The minimum absolute atomic E-state index is 0.131. The van der Waals surface area contributed by atoms with Crippen LogP contribution in [0.5, 0.6) is 0 Å². The Balaban J connectivity index is 2.53. The van der Waals surface area contributed by atoms with E-state index in [0.717, 1.165) is 25.9 Å². The molecule has 0 spiro atoms. The lowest BCUT2D eigenvalue weighted by Gasteiger charge is -2.30. The molecule has 6 heteroatoms. The van der Waals surface area contributed by atoms with E-state index in [9.17, 15) is 14.7 Å². The van der Waals surface area contributed by atoms with Crippen molar-refractivity contribution in [2.24, 2.45) is 0 Å². The third-order valence-corrected chi connectivity index (χ3v) is 3.64. The van der Waals surface area contributed by atoms with Crippen LogP contribution >= 0.6 is 0 Å². The van der Waals surface area contributed by atoms with E-state index in [0.29, 0.717) is 12.8 Å². The van der Waals surface area contributed by atoms with Crippen molar-refractivity contribution in [2.45, 2.75) is 51.1 Å². The zero-order valence-corrected chi connectivity index (χ0v) is 11.1. The van der Waals surface area contributed by atoms with Crippen molar-refractivity contribution in [3.05, 3.63) is 0 Å². The summed E-state index contributed by atoms with van der Waals surface area (Å²) in [5.41, 5.74) is -1.16. The highest BCUT2D eigenvalue weighted by atomic mass is 16.4. The second kappa shape index (κ2) is 6.58. The highest BCUT2D eigenvalue weighted by Gasteiger charge is 2.36. The SMILES string of the molecule is CCC(CC)(NC(=O)NC1CCNCC1)C(=O)O. The van der Waals surface area contributed by atoms with Gasteiger partial charge in [-0.2, -0.15) is 0 Å². The van der Waals surface area contributed by atoms with Crippen molar-refractivity contribution in [2.75, 3.05) is 13.1 Å². The molecule has 1 aliphatic rings. The predicted octanol–water partition coefficient (Wildman–Crippen LogP) is 0.681. The van der Waals surface area contributed by atoms with E-state index in [1.54, 1.807) is 13.8 Å². The molecule has 104 valence electrons. The number of carboxylic acids is 1. The second-order valence-electron chi connectivity index (χ2n) is 4.72. The summed E-state index contributed by atoms with van der Waals surface area (Å²) in [6.07, 6.45) is 2.51. The lowest BCUT2D eigenvalue weighted by molar-refractivity contribution is -0.144. The van der Waals surface area contributed by atoms with Crippen LogP contribution in [0.15, 0.2) is 0 Å². The van der Waals surface area contributed by atoms with Gasteiger partial charge in [0, 0.05) is 6.04 Å². The van der Waals surface area contributed by atoms with Crippen LogP contribution in [0.4, 0.5) is 4.79 Å². The van der Waals surface area contributed by atoms with E-state index in [1.807, 2.05) is 0 Å². The fourth-order valence-electron chi connectivity index (χ4n) is 2.19. The van der Waals surface area contributed by atoms with Gasteiger partial charge in [0.25, 0.3) is 0 Å². The van der Waals surface area contributed by atoms with E-state index >= 15 is 0 Å². The number of carbonyl (C=O) groups is 2. The Labute approximate surface area is 108 Å². The van der Waals surface area contributed by atoms with Crippen LogP contribution in [0.2, 0.25) is 0 Å². The molecule has 1 saturated heterocycles. The number of carbonyl (C=O) groups excluding carboxylic acids is 1. The van der Waals surface area contributed by atoms with Crippen molar-refractivity contribution in [1.82, 2.24) is 16.0 Å². The molecule has 1 heterocycles. The normalized spacial score (nSPS) is 17.2. The largest absolute Gasteiger partial charge is 0.480 e. The van der Waals surface area contributed by atoms with Crippen molar-refractivity contribution in [1.29, 1.82) is 0 Å². The molecule has 0 saturated carbocycles. The Morgan fingerprint density at radius 1 is 1.28 bits per heavy atom. The van der Waals surface area contributed by atoms with Crippen LogP contribution in [-0.2, 0) is 4.79 Å². The molecule has 1 fully saturated rings. The molecule has 0 aromatic rings. The lowest BCUT2D eigenvalue weighted by Crippen LogP contribution is -2.58. The van der Waals surface area contributed by atoms with Crippen LogP contribution in [0.25, 0.3) is 0 Å². The molecule has 2 amide bonds. The molecule has 0 aliphatic carbocycles. The van der Waals surface area contributed by atoms with Gasteiger partial charge in [-0.15, -0.1) is 0 Å². The molecule has 18 heavy (non-hydrogen) atoms. The zero-order valence-electron chi connectivity index (χ0n) is 11.1. The van der Waals surface area contributed by atoms with E-state index in [-0.39, 0.29) is 12.1 Å². The van der Waals surface area contributed by atoms with E-state index in [4.69, 9.17) is 0 Å². The smallest absolute Gasteiger partial charge is 0.329 e. The first-order chi connectivity index (χ1) is 8.54. The third kappa shape index (κ3) is 3.60. The summed E-state index contributed by atoms with van der Waals surface area (Å²) in [7, 11) is 0. The molecule has 0 atom stereocenters. The van der Waals surface area contributed by atoms with Crippen LogP contribution in [0.1, 0.15) is 39.5 Å². The fourth-order valence-corrected chi connectivity index (χ4v) is 2.19. The average Bonchev–Trinajstić information content (AvgIpc) is 2.37. The monoisotopic (exact) mass is 257 g/mol. The Bertz CT molecular complexity index is 297. The van der Waals surface area contributed by atoms with E-state index < -0.39 is 11.5 Å². The molecule has 0 bridgehead atoms. The van der Waals surface area contributed by atoms with Crippen molar-refractivity contribution in [3.63, 3.8) is 0 Å². The quantitative estimate of drug-likeness (QED) is 0.583. The highest BCUT2D eigenvalue weighted by molar-refractivity contribution is 5.86. The van der Waals surface area contributed by atoms with Gasteiger partial charge in [-0.1, -0.05) is 13.8 Å². The number of hydrogen-bond donors (Lipinski definition) is 4. The van der Waals surface area contributed by atoms with Gasteiger partial charge in [-0.05, 0) is 38.8 Å². The summed E-state index contributed by atoms with van der Waals surface area (Å²) in [5.74, 6) is -0.979. The van der Waals surface area contributed by atoms with Crippen molar-refractivity contribution >= 4 is 12.0 Å². The number of urea groups is 1. The molecule has 1 aliphatic heterocycles. The number of hydrogen-bond acceptors (Lipinski definition) is 3. The van der Waals surface area contributed by atoms with Gasteiger partial charge >= 0.3 is 12.0 Å². The van der Waals surface area contributed by atoms with Gasteiger partial charge in [-0.25, -0.2) is 9.59 Å². The average molecular weight is 257 g/mol. The molecular formula is C12H23N3O3. The first kappa shape index (κ1) is 14.8. The molecular weight excluding hydrogens is 234 g/mol. The van der Waals surface area contributed by atoms with Crippen LogP contribution < -0.4 is 16.0 Å². The van der Waals surface area contributed by atoms with E-state index in [1.165, 1.54) is 0 Å². The fraction of sp³-hybridized carbons (Fsp3) is 0.833. The Kier molecular flexibility index (Phi) is 5.40. The van der Waals surface area contributed by atoms with E-state index in [2.05, 4.69) is 16.0 Å². The first-order valence-corrected chi connectivity index (χ1v) is 6.57. The maximum Gasteiger partial charge on any atom is 0.329 e. The van der Waals surface area contributed by atoms with Gasteiger partial charge < -0.3 is 21.1 Å².